The smallest absolute Gasteiger partial charge is 0.0663 e. The number of nitrogens with zero attached hydrogens (tertiary/aromatic N) is 1. The van der Waals surface area contributed by atoms with Crippen LogP contribution in [-0.4, -0.2) is 4.83 Å². The van der Waals surface area contributed by atoms with Crippen molar-refractivity contribution >= 4 is 15.9 Å². The van der Waals surface area contributed by atoms with Crippen LogP contribution in [0.1, 0.15) is 66.7 Å². The van der Waals surface area contributed by atoms with E-state index in [4.69, 9.17) is 5.26 Å². The third kappa shape index (κ3) is 9.96. The number of halogens is 1. The maximum absolute atomic E-state index is 8.51. The largest absolute Gasteiger partial charge is 0.198 e. The molecule has 1 atom stereocenters. The molecule has 0 aliphatic rings. The van der Waals surface area contributed by atoms with Crippen LogP contribution in [0.25, 0.3) is 0 Å². The summed E-state index contributed by atoms with van der Waals surface area (Å²) in [5.74, 6) is 0. The summed E-state index contributed by atoms with van der Waals surface area (Å²) in [5, 5.41) is 8.51. The average Bonchev–Trinajstić information content (AvgIpc) is 2.32. The monoisotopic (exact) mass is 325 g/mol. The number of allylic oxidation sites excluding steroid dienone is 4. The summed E-state index contributed by atoms with van der Waals surface area (Å²) >= 11 is 3.78. The lowest BCUT2D eigenvalue weighted by atomic mass is 9.89. The predicted molar refractivity (Wildman–Crippen MR) is 88.4 cm³/mol. The van der Waals surface area contributed by atoms with E-state index in [1.165, 1.54) is 17.6 Å². The van der Waals surface area contributed by atoms with Gasteiger partial charge in [-0.05, 0) is 44.9 Å². The summed E-state index contributed by atoms with van der Waals surface area (Å²) in [7, 11) is 0. The lowest BCUT2D eigenvalue weighted by Gasteiger charge is -2.25. The van der Waals surface area contributed by atoms with Gasteiger partial charge < -0.3 is 0 Å². The number of alkyl halides is 1. The van der Waals surface area contributed by atoms with Gasteiger partial charge in [0.25, 0.3) is 0 Å². The molecule has 0 aromatic heterocycles. The number of hydrogen-bond donors (Lipinski definition) is 0. The van der Waals surface area contributed by atoms with Crippen LogP contribution in [0.15, 0.2) is 23.3 Å². The maximum atomic E-state index is 8.51. The Kier molecular flexibility index (Phi) is 9.10. The lowest BCUT2D eigenvalue weighted by molar-refractivity contribution is 0.385. The zero-order valence-electron chi connectivity index (χ0n) is 13.1. The van der Waals surface area contributed by atoms with Gasteiger partial charge in [0.2, 0.25) is 0 Å². The topological polar surface area (TPSA) is 23.8 Å². The number of rotatable bonds is 7. The minimum Gasteiger partial charge on any atom is -0.198 e. The van der Waals surface area contributed by atoms with Crippen molar-refractivity contribution in [1.82, 2.24) is 0 Å². The molecular weight excluding hydrogens is 298 g/mol. The molecule has 1 nitrogen and oxygen atoms in total. The van der Waals surface area contributed by atoms with Gasteiger partial charge in [0.15, 0.2) is 0 Å². The van der Waals surface area contributed by atoms with Gasteiger partial charge in [0.05, 0.1) is 12.5 Å². The first kappa shape index (κ1) is 18.4. The molecule has 0 rings (SSSR count). The fourth-order valence-electron chi connectivity index (χ4n) is 1.76. The standard InChI is InChI=1S/C17H28BrN/c1-14(10-7-13-19)8-6-9-15(2)11-12-16(18)17(3,4)5/h9-10,16H,6-8,11-12H2,1-5H3/b14-10+,15-9+. The van der Waals surface area contributed by atoms with Crippen molar-refractivity contribution in [3.05, 3.63) is 23.3 Å². The van der Waals surface area contributed by atoms with Crippen LogP contribution in [0.2, 0.25) is 0 Å². The van der Waals surface area contributed by atoms with Crippen LogP contribution < -0.4 is 0 Å². The highest BCUT2D eigenvalue weighted by atomic mass is 79.9. The van der Waals surface area contributed by atoms with E-state index in [9.17, 15) is 0 Å². The second-order valence-corrected chi connectivity index (χ2v) is 7.48. The minimum absolute atomic E-state index is 0.330. The Labute approximate surface area is 127 Å². The molecule has 0 aliphatic heterocycles. The highest BCUT2D eigenvalue weighted by Crippen LogP contribution is 2.30. The zero-order chi connectivity index (χ0) is 14.9. The van der Waals surface area contributed by atoms with Gasteiger partial charge in [-0.1, -0.05) is 60.0 Å². The molecule has 0 radical (unpaired) electrons. The molecule has 108 valence electrons. The molecule has 0 aliphatic carbocycles. The Balaban J connectivity index is 4.00. The van der Waals surface area contributed by atoms with E-state index in [-0.39, 0.29) is 0 Å². The first-order valence-electron chi connectivity index (χ1n) is 7.09. The van der Waals surface area contributed by atoms with Gasteiger partial charge in [-0.2, -0.15) is 5.26 Å². The quantitative estimate of drug-likeness (QED) is 0.406. The summed E-state index contributed by atoms with van der Waals surface area (Å²) in [5.41, 5.74) is 3.12. The van der Waals surface area contributed by atoms with Crippen molar-refractivity contribution in [2.75, 3.05) is 0 Å². The van der Waals surface area contributed by atoms with E-state index in [2.05, 4.69) is 62.7 Å². The van der Waals surface area contributed by atoms with E-state index in [1.54, 1.807) is 0 Å². The highest BCUT2D eigenvalue weighted by Gasteiger charge is 2.20. The van der Waals surface area contributed by atoms with Gasteiger partial charge in [-0.3, -0.25) is 0 Å². The molecule has 0 heterocycles. The Hall–Kier alpha value is -0.550. The number of nitriles is 1. The second kappa shape index (κ2) is 9.37. The fourth-order valence-corrected chi connectivity index (χ4v) is 1.99. The molecule has 0 spiro atoms. The molecule has 0 N–H and O–H groups in total. The molecule has 0 saturated carbocycles. The van der Waals surface area contributed by atoms with Gasteiger partial charge >= 0.3 is 0 Å². The predicted octanol–water partition coefficient (Wildman–Crippen LogP) is 6.16. The Morgan fingerprint density at radius 3 is 2.26 bits per heavy atom. The molecule has 2 heteroatoms. The third-order valence-electron chi connectivity index (χ3n) is 3.31. The Morgan fingerprint density at radius 2 is 1.74 bits per heavy atom. The van der Waals surface area contributed by atoms with E-state index in [0.717, 1.165) is 19.3 Å². The van der Waals surface area contributed by atoms with Crippen molar-refractivity contribution in [3.63, 3.8) is 0 Å². The van der Waals surface area contributed by atoms with Crippen molar-refractivity contribution in [2.24, 2.45) is 5.41 Å². The number of hydrogen-bond acceptors (Lipinski definition) is 1. The first-order valence-corrected chi connectivity index (χ1v) is 8.01. The van der Waals surface area contributed by atoms with Crippen LogP contribution in [0.3, 0.4) is 0 Å². The van der Waals surface area contributed by atoms with Crippen LogP contribution in [0.5, 0.6) is 0 Å². The van der Waals surface area contributed by atoms with Crippen molar-refractivity contribution < 1.29 is 0 Å². The van der Waals surface area contributed by atoms with Crippen LogP contribution >= 0.6 is 15.9 Å². The van der Waals surface area contributed by atoms with Crippen LogP contribution in [0.4, 0.5) is 0 Å². The van der Waals surface area contributed by atoms with E-state index in [1.807, 2.05) is 6.08 Å². The summed E-state index contributed by atoms with van der Waals surface area (Å²) in [6, 6.07) is 2.15. The van der Waals surface area contributed by atoms with Crippen molar-refractivity contribution in [3.8, 4) is 6.07 Å². The fraction of sp³-hybridized carbons (Fsp3) is 0.706. The van der Waals surface area contributed by atoms with Crippen molar-refractivity contribution in [1.29, 1.82) is 5.26 Å². The molecule has 0 saturated heterocycles. The third-order valence-corrected chi connectivity index (χ3v) is 5.14. The Bertz CT molecular complexity index is 352. The highest BCUT2D eigenvalue weighted by molar-refractivity contribution is 9.09. The molecule has 0 aromatic rings. The molecule has 0 aromatic carbocycles. The van der Waals surface area contributed by atoms with Crippen LogP contribution in [-0.2, 0) is 0 Å². The Morgan fingerprint density at radius 1 is 1.16 bits per heavy atom. The maximum Gasteiger partial charge on any atom is 0.0663 e. The molecule has 0 bridgehead atoms. The van der Waals surface area contributed by atoms with E-state index >= 15 is 0 Å². The minimum atomic E-state index is 0.330. The van der Waals surface area contributed by atoms with E-state index < -0.39 is 0 Å². The van der Waals surface area contributed by atoms with Gasteiger partial charge in [0.1, 0.15) is 0 Å². The van der Waals surface area contributed by atoms with Gasteiger partial charge in [-0.25, -0.2) is 0 Å². The summed E-state index contributed by atoms with van der Waals surface area (Å²) < 4.78 is 0. The summed E-state index contributed by atoms with van der Waals surface area (Å²) in [6.07, 6.45) is 9.40. The molecule has 0 amide bonds. The van der Waals surface area contributed by atoms with E-state index in [0.29, 0.717) is 16.7 Å². The van der Waals surface area contributed by atoms with Crippen molar-refractivity contribution in [2.45, 2.75) is 71.5 Å². The average molecular weight is 326 g/mol. The molecule has 1 unspecified atom stereocenters. The second-order valence-electron chi connectivity index (χ2n) is 6.37. The van der Waals surface area contributed by atoms with Gasteiger partial charge in [-0.15, -0.1) is 0 Å². The van der Waals surface area contributed by atoms with Crippen LogP contribution in [0, 0.1) is 16.7 Å². The normalized spacial score (nSPS) is 15.2. The summed E-state index contributed by atoms with van der Waals surface area (Å²) in [6.45, 7) is 11.1. The molecule has 19 heavy (non-hydrogen) atoms. The lowest BCUT2D eigenvalue weighted by Crippen LogP contribution is -2.19. The SMILES string of the molecule is C/C(=C\CC#N)CC/C=C(\C)CCC(Br)C(C)(C)C. The zero-order valence-corrected chi connectivity index (χ0v) is 14.7. The molecule has 0 fully saturated rings. The van der Waals surface area contributed by atoms with Gasteiger partial charge in [0, 0.05) is 4.83 Å². The summed E-state index contributed by atoms with van der Waals surface area (Å²) in [4.78, 5) is 0.570. The molecular formula is C17H28BrN. The first-order chi connectivity index (χ1) is 8.77.